The molecule has 3 aromatic carbocycles. The van der Waals surface area contributed by atoms with Crippen LogP contribution < -0.4 is 4.74 Å². The minimum absolute atomic E-state index is 0.199. The summed E-state index contributed by atoms with van der Waals surface area (Å²) < 4.78 is 12.2. The van der Waals surface area contributed by atoms with E-state index >= 15 is 0 Å². The molecule has 0 amide bonds. The minimum Gasteiger partial charge on any atom is -0.489 e. The molecule has 4 aromatic rings. The Morgan fingerprint density at radius 3 is 2.69 bits per heavy atom. The lowest BCUT2D eigenvalue weighted by Gasteiger charge is -2.13. The predicted molar refractivity (Wildman–Crippen MR) is 118 cm³/mol. The zero-order valence-corrected chi connectivity index (χ0v) is 17.3. The first kappa shape index (κ1) is 19.2. The van der Waals surface area contributed by atoms with E-state index in [1.54, 1.807) is 11.3 Å². The van der Waals surface area contributed by atoms with Crippen molar-refractivity contribution < 1.29 is 14.3 Å². The lowest BCUT2D eigenvalue weighted by molar-refractivity contribution is -0.139. The normalized spacial score (nSPS) is 10.8. The number of carbonyl (C=O) groups is 1. The van der Waals surface area contributed by atoms with E-state index in [0.29, 0.717) is 12.4 Å². The summed E-state index contributed by atoms with van der Waals surface area (Å²) in [4.78, 5) is 11.7. The van der Waals surface area contributed by atoms with Gasteiger partial charge in [0.15, 0.2) is 0 Å². The molecule has 0 bridgehead atoms. The van der Waals surface area contributed by atoms with Gasteiger partial charge < -0.3 is 9.47 Å². The van der Waals surface area contributed by atoms with Crippen LogP contribution in [-0.2, 0) is 22.6 Å². The Balaban J connectivity index is 1.64. The molecule has 0 spiro atoms. The van der Waals surface area contributed by atoms with E-state index in [2.05, 4.69) is 54.8 Å². The maximum Gasteiger partial charge on any atom is 0.310 e. The Morgan fingerprint density at radius 1 is 1.00 bits per heavy atom. The molecule has 0 saturated carbocycles. The number of aryl methyl sites for hydroxylation is 1. The number of carbonyl (C=O) groups excluding carboxylic acids is 1. The molecule has 0 saturated heterocycles. The lowest BCUT2D eigenvalue weighted by Crippen LogP contribution is -2.06. The summed E-state index contributed by atoms with van der Waals surface area (Å²) in [7, 11) is 1.40. The number of hydrogen-bond acceptors (Lipinski definition) is 4. The van der Waals surface area contributed by atoms with E-state index < -0.39 is 0 Å². The van der Waals surface area contributed by atoms with Gasteiger partial charge in [-0.2, -0.15) is 0 Å². The Hall–Kier alpha value is -3.11. The van der Waals surface area contributed by atoms with Gasteiger partial charge >= 0.3 is 5.97 Å². The van der Waals surface area contributed by atoms with Gasteiger partial charge in [0.05, 0.1) is 13.5 Å². The molecule has 0 aliphatic heterocycles. The molecule has 1 heterocycles. The van der Waals surface area contributed by atoms with Crippen molar-refractivity contribution in [2.45, 2.75) is 20.0 Å². The fourth-order valence-electron chi connectivity index (χ4n) is 3.43. The Kier molecular flexibility index (Phi) is 5.63. The lowest BCUT2D eigenvalue weighted by atomic mass is 10.00. The van der Waals surface area contributed by atoms with E-state index in [-0.39, 0.29) is 12.4 Å². The number of hydrogen-bond donors (Lipinski definition) is 0. The first-order chi connectivity index (χ1) is 14.1. The Labute approximate surface area is 174 Å². The van der Waals surface area contributed by atoms with Gasteiger partial charge in [0.2, 0.25) is 0 Å². The van der Waals surface area contributed by atoms with Gasteiger partial charge in [-0.15, -0.1) is 11.3 Å². The molecule has 0 aliphatic rings. The third-order valence-electron chi connectivity index (χ3n) is 4.87. The number of thiophene rings is 1. The van der Waals surface area contributed by atoms with Crippen molar-refractivity contribution in [1.29, 1.82) is 0 Å². The number of esters is 1. The molecule has 0 aliphatic carbocycles. The summed E-state index contributed by atoms with van der Waals surface area (Å²) >= 11 is 1.76. The molecule has 0 fully saturated rings. The average molecular weight is 403 g/mol. The molecule has 1 aromatic heterocycles. The van der Waals surface area contributed by atoms with Crippen molar-refractivity contribution in [1.82, 2.24) is 0 Å². The van der Waals surface area contributed by atoms with Gasteiger partial charge in [0.1, 0.15) is 12.4 Å². The van der Waals surface area contributed by atoms with Crippen LogP contribution in [0.4, 0.5) is 0 Å². The zero-order valence-electron chi connectivity index (χ0n) is 16.5. The SMILES string of the molecule is COC(=O)Cc1ccccc1OCc1cc(-c2cccc(C)c2)c2sccc2c1. The maximum atomic E-state index is 11.7. The molecular formula is C25H22O3S. The summed E-state index contributed by atoms with van der Waals surface area (Å²) in [6.45, 7) is 2.54. The summed E-state index contributed by atoms with van der Waals surface area (Å²) in [5, 5.41) is 3.34. The zero-order chi connectivity index (χ0) is 20.2. The number of fused-ring (bicyclic) bond motifs is 1. The van der Waals surface area contributed by atoms with Crippen molar-refractivity contribution in [3.8, 4) is 16.9 Å². The second-order valence-electron chi connectivity index (χ2n) is 7.00. The van der Waals surface area contributed by atoms with Gasteiger partial charge in [-0.25, -0.2) is 0 Å². The molecule has 0 radical (unpaired) electrons. The second-order valence-corrected chi connectivity index (χ2v) is 7.92. The molecule has 4 heteroatoms. The van der Waals surface area contributed by atoms with E-state index in [1.807, 2.05) is 24.3 Å². The highest BCUT2D eigenvalue weighted by Gasteiger charge is 2.11. The fourth-order valence-corrected chi connectivity index (χ4v) is 4.35. The summed E-state index contributed by atoms with van der Waals surface area (Å²) in [5.41, 5.74) is 5.61. The van der Waals surface area contributed by atoms with Gasteiger partial charge in [-0.05, 0) is 58.6 Å². The van der Waals surface area contributed by atoms with Crippen molar-refractivity contribution in [3.05, 3.63) is 88.8 Å². The summed E-state index contributed by atoms with van der Waals surface area (Å²) in [6.07, 6.45) is 0.199. The average Bonchev–Trinajstić information content (AvgIpc) is 3.21. The van der Waals surface area contributed by atoms with Crippen LogP contribution in [0.1, 0.15) is 16.7 Å². The second kappa shape index (κ2) is 8.50. The molecule has 29 heavy (non-hydrogen) atoms. The van der Waals surface area contributed by atoms with Crippen LogP contribution in [0.25, 0.3) is 21.2 Å². The van der Waals surface area contributed by atoms with Gasteiger partial charge in [0, 0.05) is 10.3 Å². The largest absolute Gasteiger partial charge is 0.489 e. The highest BCUT2D eigenvalue weighted by atomic mass is 32.1. The van der Waals surface area contributed by atoms with Gasteiger partial charge in [-0.1, -0.05) is 48.0 Å². The molecule has 0 unspecified atom stereocenters. The molecule has 3 nitrogen and oxygen atoms in total. The number of benzene rings is 3. The first-order valence-corrected chi connectivity index (χ1v) is 10.4. The standard InChI is InChI=1S/C25H22O3S/c1-17-6-5-8-19(12-17)22-14-18(13-21-10-11-29-25(21)22)16-28-23-9-4-3-7-20(23)15-24(26)27-2/h3-14H,15-16H2,1-2H3. The van der Waals surface area contributed by atoms with Gasteiger partial charge in [0.25, 0.3) is 0 Å². The number of para-hydroxylation sites is 1. The van der Waals surface area contributed by atoms with Crippen LogP contribution in [0.15, 0.2) is 72.1 Å². The van der Waals surface area contributed by atoms with Crippen LogP contribution in [-0.4, -0.2) is 13.1 Å². The van der Waals surface area contributed by atoms with Crippen LogP contribution >= 0.6 is 11.3 Å². The van der Waals surface area contributed by atoms with Crippen molar-refractivity contribution >= 4 is 27.4 Å². The third kappa shape index (κ3) is 4.33. The molecule has 4 rings (SSSR count). The van der Waals surface area contributed by atoms with Crippen molar-refractivity contribution in [2.75, 3.05) is 7.11 Å². The van der Waals surface area contributed by atoms with Crippen molar-refractivity contribution in [2.24, 2.45) is 0 Å². The molecule has 0 N–H and O–H groups in total. The van der Waals surface area contributed by atoms with Crippen LogP contribution in [0, 0.1) is 6.92 Å². The number of methoxy groups -OCH3 is 1. The predicted octanol–water partition coefficient (Wildman–Crippen LogP) is 6.17. The Bertz CT molecular complexity index is 1160. The number of rotatable bonds is 6. The molecule has 0 atom stereocenters. The van der Waals surface area contributed by atoms with Crippen molar-refractivity contribution in [3.63, 3.8) is 0 Å². The topological polar surface area (TPSA) is 35.5 Å². The van der Waals surface area contributed by atoms with Crippen LogP contribution in [0.3, 0.4) is 0 Å². The van der Waals surface area contributed by atoms with E-state index in [9.17, 15) is 4.79 Å². The highest BCUT2D eigenvalue weighted by Crippen LogP contribution is 2.34. The number of ether oxygens (including phenoxy) is 2. The van der Waals surface area contributed by atoms with E-state index in [1.165, 1.54) is 33.9 Å². The van der Waals surface area contributed by atoms with Crippen LogP contribution in [0.5, 0.6) is 5.75 Å². The maximum absolute atomic E-state index is 11.7. The Morgan fingerprint density at radius 2 is 1.86 bits per heavy atom. The molecular weight excluding hydrogens is 380 g/mol. The summed E-state index contributed by atoms with van der Waals surface area (Å²) in [5.74, 6) is 0.433. The third-order valence-corrected chi connectivity index (χ3v) is 5.83. The van der Waals surface area contributed by atoms with E-state index in [0.717, 1.165) is 11.1 Å². The molecule has 146 valence electrons. The monoisotopic (exact) mass is 402 g/mol. The summed E-state index contributed by atoms with van der Waals surface area (Å²) in [6, 6.07) is 22.7. The fraction of sp³-hybridized carbons (Fsp3) is 0.160. The quantitative estimate of drug-likeness (QED) is 0.362. The van der Waals surface area contributed by atoms with E-state index in [4.69, 9.17) is 9.47 Å². The van der Waals surface area contributed by atoms with Crippen LogP contribution in [0.2, 0.25) is 0 Å². The minimum atomic E-state index is -0.275. The van der Waals surface area contributed by atoms with Gasteiger partial charge in [-0.3, -0.25) is 4.79 Å². The highest BCUT2D eigenvalue weighted by molar-refractivity contribution is 7.17. The first-order valence-electron chi connectivity index (χ1n) is 9.49. The smallest absolute Gasteiger partial charge is 0.310 e.